The molecule has 2 aromatic rings. The summed E-state index contributed by atoms with van der Waals surface area (Å²) in [4.78, 5) is 8.27. The first-order chi connectivity index (χ1) is 7.65. The summed E-state index contributed by atoms with van der Waals surface area (Å²) in [6.45, 7) is 0. The second kappa shape index (κ2) is 4.80. The first-order valence-electron chi connectivity index (χ1n) is 4.65. The molecule has 82 valence electrons. The Kier molecular flexibility index (Phi) is 3.41. The lowest BCUT2D eigenvalue weighted by Crippen LogP contribution is -1.99. The third-order valence-electron chi connectivity index (χ3n) is 2.13. The number of halogens is 2. The summed E-state index contributed by atoms with van der Waals surface area (Å²) >= 11 is 9.20. The fourth-order valence-corrected chi connectivity index (χ4v) is 1.75. The van der Waals surface area contributed by atoms with Crippen molar-refractivity contribution < 1.29 is 0 Å². The Bertz CT molecular complexity index is 499. The fourth-order valence-electron chi connectivity index (χ4n) is 1.34. The molecule has 2 heterocycles. The second-order valence-electron chi connectivity index (χ2n) is 3.34. The van der Waals surface area contributed by atoms with E-state index >= 15 is 0 Å². The molecular formula is C11H9BrClN3. The van der Waals surface area contributed by atoms with Gasteiger partial charge in [0.1, 0.15) is 5.82 Å². The topological polar surface area (TPSA) is 51.8 Å². The molecule has 0 aliphatic heterocycles. The van der Waals surface area contributed by atoms with Gasteiger partial charge in [0, 0.05) is 34.5 Å². The standard InChI is InChI=1S/C11H9BrClN3/c12-8-1-2-10(15-5-8)4-7-3-9(13)6-16-11(7)14/h1-3,5-6H,4H2,(H2,14,16). The highest BCUT2D eigenvalue weighted by atomic mass is 79.9. The Hall–Kier alpha value is -1.13. The van der Waals surface area contributed by atoms with Gasteiger partial charge in [0.05, 0.1) is 5.02 Å². The Balaban J connectivity index is 2.26. The number of hydrogen-bond acceptors (Lipinski definition) is 3. The summed E-state index contributed by atoms with van der Waals surface area (Å²) in [5, 5.41) is 0.585. The molecule has 3 nitrogen and oxygen atoms in total. The molecule has 0 bridgehead atoms. The predicted molar refractivity (Wildman–Crippen MR) is 68.4 cm³/mol. The van der Waals surface area contributed by atoms with Gasteiger partial charge in [-0.05, 0) is 34.1 Å². The number of aromatic nitrogens is 2. The van der Waals surface area contributed by atoms with Gasteiger partial charge < -0.3 is 5.73 Å². The zero-order valence-electron chi connectivity index (χ0n) is 8.32. The van der Waals surface area contributed by atoms with Gasteiger partial charge in [-0.2, -0.15) is 0 Å². The first-order valence-corrected chi connectivity index (χ1v) is 5.82. The van der Waals surface area contributed by atoms with Gasteiger partial charge in [-0.3, -0.25) is 4.98 Å². The molecule has 0 aliphatic carbocycles. The van der Waals surface area contributed by atoms with E-state index in [0.29, 0.717) is 17.3 Å². The minimum atomic E-state index is 0.495. The molecule has 0 spiro atoms. The average molecular weight is 299 g/mol. The van der Waals surface area contributed by atoms with E-state index in [1.54, 1.807) is 6.20 Å². The second-order valence-corrected chi connectivity index (χ2v) is 4.69. The molecule has 0 fully saturated rings. The van der Waals surface area contributed by atoms with Crippen molar-refractivity contribution in [3.05, 3.63) is 51.3 Å². The summed E-state index contributed by atoms with van der Waals surface area (Å²) < 4.78 is 0.952. The Morgan fingerprint density at radius 2 is 2.06 bits per heavy atom. The van der Waals surface area contributed by atoms with Crippen LogP contribution in [0.3, 0.4) is 0 Å². The molecule has 0 aliphatic rings. The summed E-state index contributed by atoms with van der Waals surface area (Å²) in [5.74, 6) is 0.495. The number of nitrogens with zero attached hydrogens (tertiary/aromatic N) is 2. The van der Waals surface area contributed by atoms with E-state index in [4.69, 9.17) is 17.3 Å². The van der Waals surface area contributed by atoms with E-state index < -0.39 is 0 Å². The van der Waals surface area contributed by atoms with E-state index in [1.807, 2.05) is 18.2 Å². The van der Waals surface area contributed by atoms with Gasteiger partial charge in [0.25, 0.3) is 0 Å². The molecule has 0 amide bonds. The van der Waals surface area contributed by atoms with E-state index in [-0.39, 0.29) is 0 Å². The molecule has 5 heteroatoms. The van der Waals surface area contributed by atoms with E-state index in [2.05, 4.69) is 25.9 Å². The molecule has 0 saturated carbocycles. The molecule has 0 atom stereocenters. The molecule has 0 radical (unpaired) electrons. The molecule has 0 aromatic carbocycles. The lowest BCUT2D eigenvalue weighted by atomic mass is 10.1. The number of pyridine rings is 2. The van der Waals surface area contributed by atoms with Crippen molar-refractivity contribution in [3.8, 4) is 0 Å². The van der Waals surface area contributed by atoms with Crippen molar-refractivity contribution in [2.45, 2.75) is 6.42 Å². The molecule has 0 saturated heterocycles. The minimum absolute atomic E-state index is 0.495. The van der Waals surface area contributed by atoms with Crippen LogP contribution in [0.2, 0.25) is 5.02 Å². The lowest BCUT2D eigenvalue weighted by Gasteiger charge is -2.04. The molecule has 0 unspecified atom stereocenters. The molecule has 2 aromatic heterocycles. The average Bonchev–Trinajstić information content (AvgIpc) is 2.27. The third kappa shape index (κ3) is 2.71. The summed E-state index contributed by atoms with van der Waals surface area (Å²) in [6, 6.07) is 5.69. The van der Waals surface area contributed by atoms with Crippen molar-refractivity contribution in [2.24, 2.45) is 0 Å². The number of nitrogen functional groups attached to an aromatic ring is 1. The van der Waals surface area contributed by atoms with E-state index in [1.165, 1.54) is 6.20 Å². The van der Waals surface area contributed by atoms with Crippen LogP contribution in [-0.2, 0) is 6.42 Å². The maximum Gasteiger partial charge on any atom is 0.127 e. The lowest BCUT2D eigenvalue weighted by molar-refractivity contribution is 1.06. The van der Waals surface area contributed by atoms with Gasteiger partial charge in [-0.15, -0.1) is 0 Å². The highest BCUT2D eigenvalue weighted by Gasteiger charge is 2.04. The van der Waals surface area contributed by atoms with Gasteiger partial charge in [0.15, 0.2) is 0 Å². The van der Waals surface area contributed by atoms with Crippen LogP contribution in [0, 0.1) is 0 Å². The Morgan fingerprint density at radius 3 is 2.75 bits per heavy atom. The van der Waals surface area contributed by atoms with Crippen LogP contribution in [0.5, 0.6) is 0 Å². The molecule has 2 rings (SSSR count). The molecule has 16 heavy (non-hydrogen) atoms. The van der Waals surface area contributed by atoms with Crippen LogP contribution in [0.1, 0.15) is 11.3 Å². The van der Waals surface area contributed by atoms with Gasteiger partial charge in [0.2, 0.25) is 0 Å². The SMILES string of the molecule is Nc1ncc(Cl)cc1Cc1ccc(Br)cn1. The number of rotatable bonds is 2. The predicted octanol–water partition coefficient (Wildman–Crippen LogP) is 3.07. The maximum atomic E-state index is 5.86. The van der Waals surface area contributed by atoms with Crippen LogP contribution >= 0.6 is 27.5 Å². The monoisotopic (exact) mass is 297 g/mol. The van der Waals surface area contributed by atoms with Gasteiger partial charge in [-0.25, -0.2) is 4.98 Å². The van der Waals surface area contributed by atoms with Crippen molar-refractivity contribution >= 4 is 33.3 Å². The largest absolute Gasteiger partial charge is 0.383 e. The van der Waals surface area contributed by atoms with Crippen molar-refractivity contribution in [3.63, 3.8) is 0 Å². The van der Waals surface area contributed by atoms with Crippen molar-refractivity contribution in [1.29, 1.82) is 0 Å². The van der Waals surface area contributed by atoms with Crippen molar-refractivity contribution in [2.75, 3.05) is 5.73 Å². The highest BCUT2D eigenvalue weighted by molar-refractivity contribution is 9.10. The normalized spacial score (nSPS) is 10.4. The number of anilines is 1. The van der Waals surface area contributed by atoms with Crippen LogP contribution < -0.4 is 5.73 Å². The van der Waals surface area contributed by atoms with Crippen LogP contribution in [0.4, 0.5) is 5.82 Å². The summed E-state index contributed by atoms with van der Waals surface area (Å²) in [5.41, 5.74) is 7.58. The summed E-state index contributed by atoms with van der Waals surface area (Å²) in [6.07, 6.45) is 3.92. The summed E-state index contributed by atoms with van der Waals surface area (Å²) in [7, 11) is 0. The van der Waals surface area contributed by atoms with Crippen LogP contribution in [-0.4, -0.2) is 9.97 Å². The van der Waals surface area contributed by atoms with Crippen LogP contribution in [0.25, 0.3) is 0 Å². The maximum absolute atomic E-state index is 5.86. The smallest absolute Gasteiger partial charge is 0.127 e. The van der Waals surface area contributed by atoms with E-state index in [0.717, 1.165) is 15.7 Å². The quantitative estimate of drug-likeness (QED) is 0.927. The zero-order chi connectivity index (χ0) is 11.5. The molecular weight excluding hydrogens is 289 g/mol. The van der Waals surface area contributed by atoms with Gasteiger partial charge >= 0.3 is 0 Å². The number of hydrogen-bond donors (Lipinski definition) is 1. The third-order valence-corrected chi connectivity index (χ3v) is 2.80. The van der Waals surface area contributed by atoms with Crippen molar-refractivity contribution in [1.82, 2.24) is 9.97 Å². The first kappa shape index (κ1) is 11.4. The zero-order valence-corrected chi connectivity index (χ0v) is 10.7. The molecule has 2 N–H and O–H groups in total. The minimum Gasteiger partial charge on any atom is -0.383 e. The van der Waals surface area contributed by atoms with Gasteiger partial charge in [-0.1, -0.05) is 11.6 Å². The van der Waals surface area contributed by atoms with E-state index in [9.17, 15) is 0 Å². The number of nitrogens with two attached hydrogens (primary N) is 1. The fraction of sp³-hybridized carbons (Fsp3) is 0.0909. The van der Waals surface area contributed by atoms with Crippen LogP contribution in [0.15, 0.2) is 35.1 Å². The Morgan fingerprint density at radius 1 is 1.25 bits per heavy atom. The highest BCUT2D eigenvalue weighted by Crippen LogP contribution is 2.18. The Labute approximate surface area is 107 Å².